The van der Waals surface area contributed by atoms with Gasteiger partial charge in [0.15, 0.2) is 11.6 Å². The van der Waals surface area contributed by atoms with Gasteiger partial charge in [-0.2, -0.15) is 0 Å². The molecule has 2 N–H and O–H groups in total. The summed E-state index contributed by atoms with van der Waals surface area (Å²) in [5, 5.41) is 5.02. The molecule has 2 fully saturated rings. The van der Waals surface area contributed by atoms with Gasteiger partial charge in [0.2, 0.25) is 6.41 Å². The van der Waals surface area contributed by atoms with Crippen molar-refractivity contribution in [3.8, 4) is 0 Å². The number of halogens is 3. The maximum atomic E-state index is 14.3. The maximum Gasteiger partial charge on any atom is 0.256 e. The van der Waals surface area contributed by atoms with Crippen LogP contribution in [0.5, 0.6) is 0 Å². The van der Waals surface area contributed by atoms with Gasteiger partial charge in [-0.3, -0.25) is 9.59 Å². The maximum absolute atomic E-state index is 14.3. The number of carbonyl (C=O) groups excluding carboxylic acids is 2. The van der Waals surface area contributed by atoms with Crippen LogP contribution in [0.1, 0.15) is 56.0 Å². The first-order valence-electron chi connectivity index (χ1n) is 12.6. The van der Waals surface area contributed by atoms with Gasteiger partial charge in [-0.05, 0) is 69.2 Å². The molecule has 0 bridgehead atoms. The van der Waals surface area contributed by atoms with Crippen molar-refractivity contribution >= 4 is 23.7 Å². The Hall–Kier alpha value is -3.07. The molecule has 0 saturated carbocycles. The van der Waals surface area contributed by atoms with Crippen LogP contribution < -0.4 is 10.6 Å². The lowest BCUT2D eigenvalue weighted by molar-refractivity contribution is -0.111. The standard InChI is InChI=1S/C18H16F3N3O2.C7H15N.C2H6/c1-10-2-5-15(14(20)6-10)23-17-12(3-4-13(19)16(17)21)18(26)24-7-11(8-24)22-9-25;1-2-8-6-4-3-5-7-8;1-2/h2-6,9,11,23H,7-8H2,1H3,(H,22,25);2-7H2,1H3;1-2H3. The summed E-state index contributed by atoms with van der Waals surface area (Å²) in [6.45, 7) is 12.4. The molecule has 0 atom stereocenters. The summed E-state index contributed by atoms with van der Waals surface area (Å²) in [6, 6.07) is 6.06. The van der Waals surface area contributed by atoms with E-state index in [9.17, 15) is 22.8 Å². The van der Waals surface area contributed by atoms with E-state index >= 15 is 0 Å². The fraction of sp³-hybridized carbons (Fsp3) is 0.481. The Balaban J connectivity index is 0.000000384. The highest BCUT2D eigenvalue weighted by Gasteiger charge is 2.33. The summed E-state index contributed by atoms with van der Waals surface area (Å²) >= 11 is 0. The van der Waals surface area contributed by atoms with Gasteiger partial charge in [0.05, 0.1) is 23.0 Å². The van der Waals surface area contributed by atoms with E-state index in [4.69, 9.17) is 0 Å². The molecule has 2 aromatic rings. The number of amides is 2. The predicted octanol–water partition coefficient (Wildman–Crippen LogP) is 5.24. The van der Waals surface area contributed by atoms with Crippen molar-refractivity contribution < 1.29 is 22.8 Å². The molecule has 198 valence electrons. The predicted molar refractivity (Wildman–Crippen MR) is 137 cm³/mol. The van der Waals surface area contributed by atoms with Crippen LogP contribution in [0.3, 0.4) is 0 Å². The zero-order valence-electron chi connectivity index (χ0n) is 21.5. The monoisotopic (exact) mass is 506 g/mol. The normalized spacial score (nSPS) is 15.5. The van der Waals surface area contributed by atoms with E-state index in [1.807, 2.05) is 13.8 Å². The summed E-state index contributed by atoms with van der Waals surface area (Å²) in [6.07, 6.45) is 4.84. The molecule has 0 aliphatic carbocycles. The fourth-order valence-corrected chi connectivity index (χ4v) is 4.00. The summed E-state index contributed by atoms with van der Waals surface area (Å²) in [7, 11) is 0. The third kappa shape index (κ3) is 7.71. The van der Waals surface area contributed by atoms with Crippen LogP contribution in [0.15, 0.2) is 30.3 Å². The molecular weight excluding hydrogens is 469 g/mol. The summed E-state index contributed by atoms with van der Waals surface area (Å²) in [4.78, 5) is 26.9. The lowest BCUT2D eigenvalue weighted by Crippen LogP contribution is -2.59. The Morgan fingerprint density at radius 1 is 1.03 bits per heavy atom. The molecular formula is C27H37F3N4O2. The van der Waals surface area contributed by atoms with Crippen molar-refractivity contribution in [3.63, 3.8) is 0 Å². The SMILES string of the molecule is CC.CCN1CCCCC1.Cc1ccc(Nc2c(C(=O)N3CC(NC=O)C3)ccc(F)c2F)c(F)c1. The molecule has 2 aromatic carbocycles. The number of nitrogens with zero attached hydrogens (tertiary/aromatic N) is 2. The summed E-state index contributed by atoms with van der Waals surface area (Å²) in [5.41, 5.74) is 0.0506. The minimum absolute atomic E-state index is 0.0711. The van der Waals surface area contributed by atoms with Crippen molar-refractivity contribution in [1.82, 2.24) is 15.1 Å². The fourth-order valence-electron chi connectivity index (χ4n) is 4.00. The van der Waals surface area contributed by atoms with E-state index in [2.05, 4.69) is 22.5 Å². The van der Waals surface area contributed by atoms with Crippen LogP contribution in [0.25, 0.3) is 0 Å². The first-order chi connectivity index (χ1) is 17.3. The quantitative estimate of drug-likeness (QED) is 0.526. The van der Waals surface area contributed by atoms with Crippen LogP contribution in [-0.2, 0) is 4.79 Å². The van der Waals surface area contributed by atoms with E-state index in [0.717, 1.165) is 12.1 Å². The van der Waals surface area contributed by atoms with E-state index < -0.39 is 29.0 Å². The first-order valence-corrected chi connectivity index (χ1v) is 12.6. The number of anilines is 2. The molecule has 36 heavy (non-hydrogen) atoms. The van der Waals surface area contributed by atoms with Gasteiger partial charge in [0.25, 0.3) is 5.91 Å². The number of likely N-dealkylation sites (tertiary alicyclic amines) is 2. The molecule has 0 aromatic heterocycles. The van der Waals surface area contributed by atoms with Crippen LogP contribution >= 0.6 is 0 Å². The van der Waals surface area contributed by atoms with Crippen LogP contribution in [-0.4, -0.2) is 60.9 Å². The summed E-state index contributed by atoms with van der Waals surface area (Å²) < 4.78 is 42.0. The molecule has 2 aliphatic rings. The molecule has 6 nitrogen and oxygen atoms in total. The minimum Gasteiger partial charge on any atom is -0.352 e. The summed E-state index contributed by atoms with van der Waals surface area (Å²) in [5.74, 6) is -3.60. The molecule has 0 radical (unpaired) electrons. The first kappa shape index (κ1) is 29.2. The third-order valence-corrected chi connectivity index (χ3v) is 6.08. The largest absolute Gasteiger partial charge is 0.352 e. The van der Waals surface area contributed by atoms with Crippen molar-refractivity contribution in [1.29, 1.82) is 0 Å². The number of aryl methyl sites for hydroxylation is 1. The molecule has 2 amide bonds. The number of rotatable bonds is 6. The van der Waals surface area contributed by atoms with Gasteiger partial charge in [-0.25, -0.2) is 13.2 Å². The molecule has 0 spiro atoms. The molecule has 4 rings (SSSR count). The average Bonchev–Trinajstić information content (AvgIpc) is 2.87. The second-order valence-electron chi connectivity index (χ2n) is 8.58. The Kier molecular flexibility index (Phi) is 11.7. The molecule has 0 unspecified atom stereocenters. The lowest BCUT2D eigenvalue weighted by Gasteiger charge is -2.39. The Labute approximate surface area is 211 Å². The highest BCUT2D eigenvalue weighted by Crippen LogP contribution is 2.30. The van der Waals surface area contributed by atoms with Crippen LogP contribution in [0.4, 0.5) is 24.5 Å². The van der Waals surface area contributed by atoms with E-state index in [1.54, 1.807) is 13.0 Å². The Bertz CT molecular complexity index is 1010. The number of piperidine rings is 1. The smallest absolute Gasteiger partial charge is 0.256 e. The molecule has 2 aliphatic heterocycles. The van der Waals surface area contributed by atoms with E-state index in [-0.39, 0.29) is 30.4 Å². The molecule has 2 saturated heterocycles. The number of nitrogens with one attached hydrogen (secondary N) is 2. The average molecular weight is 507 g/mol. The van der Waals surface area contributed by atoms with Gasteiger partial charge in [-0.1, -0.05) is 33.3 Å². The lowest BCUT2D eigenvalue weighted by atomic mass is 10.0. The topological polar surface area (TPSA) is 64.7 Å². The number of benzene rings is 2. The zero-order chi connectivity index (χ0) is 26.7. The highest BCUT2D eigenvalue weighted by atomic mass is 19.2. The van der Waals surface area contributed by atoms with Gasteiger partial charge in [0.1, 0.15) is 5.82 Å². The minimum atomic E-state index is -1.26. The van der Waals surface area contributed by atoms with Gasteiger partial charge < -0.3 is 20.4 Å². The second-order valence-corrected chi connectivity index (χ2v) is 8.58. The highest BCUT2D eigenvalue weighted by molar-refractivity contribution is 6.01. The van der Waals surface area contributed by atoms with Crippen molar-refractivity contribution in [2.45, 2.75) is 53.0 Å². The van der Waals surface area contributed by atoms with Crippen LogP contribution in [0, 0.1) is 24.4 Å². The molecule has 2 heterocycles. The van der Waals surface area contributed by atoms with Crippen LogP contribution in [0.2, 0.25) is 0 Å². The van der Waals surface area contributed by atoms with Gasteiger partial charge in [0, 0.05) is 13.1 Å². The van der Waals surface area contributed by atoms with E-state index in [0.29, 0.717) is 12.0 Å². The van der Waals surface area contributed by atoms with Gasteiger partial charge >= 0.3 is 0 Å². The van der Waals surface area contributed by atoms with Gasteiger partial charge in [-0.15, -0.1) is 0 Å². The Morgan fingerprint density at radius 2 is 1.69 bits per heavy atom. The van der Waals surface area contributed by atoms with Crippen molar-refractivity contribution in [3.05, 3.63) is 58.9 Å². The number of hydrogen-bond acceptors (Lipinski definition) is 4. The number of hydrogen-bond donors (Lipinski definition) is 2. The van der Waals surface area contributed by atoms with E-state index in [1.165, 1.54) is 55.9 Å². The number of carbonyl (C=O) groups is 2. The zero-order valence-corrected chi connectivity index (χ0v) is 21.5. The Morgan fingerprint density at radius 3 is 2.25 bits per heavy atom. The van der Waals surface area contributed by atoms with Crippen molar-refractivity contribution in [2.24, 2.45) is 0 Å². The molecule has 9 heteroatoms. The van der Waals surface area contributed by atoms with Crippen molar-refractivity contribution in [2.75, 3.05) is 38.0 Å². The third-order valence-electron chi connectivity index (χ3n) is 6.08. The second kappa shape index (κ2) is 14.5.